The van der Waals surface area contributed by atoms with Gasteiger partial charge in [0.15, 0.2) is 5.78 Å². The van der Waals surface area contributed by atoms with Gasteiger partial charge in [-0.2, -0.15) is 0 Å². The van der Waals surface area contributed by atoms with Gasteiger partial charge in [-0.25, -0.2) is 0 Å². The summed E-state index contributed by atoms with van der Waals surface area (Å²) in [6.07, 6.45) is 5.73. The Balaban J connectivity index is 1.88. The SMILES string of the molecule is C=CCOCCOc1ccc(C(=O)C2(O)CCCCC2)cc1. The Morgan fingerprint density at radius 1 is 1.18 bits per heavy atom. The molecule has 0 atom stereocenters. The third-order valence-electron chi connectivity index (χ3n) is 3.95. The van der Waals surface area contributed by atoms with E-state index in [2.05, 4.69) is 6.58 Å². The first-order valence-electron chi connectivity index (χ1n) is 7.84. The summed E-state index contributed by atoms with van der Waals surface area (Å²) in [6.45, 7) is 5.02. The summed E-state index contributed by atoms with van der Waals surface area (Å²) in [7, 11) is 0. The van der Waals surface area contributed by atoms with E-state index in [0.717, 1.165) is 19.3 Å². The van der Waals surface area contributed by atoms with E-state index in [0.29, 0.717) is 44.0 Å². The van der Waals surface area contributed by atoms with Gasteiger partial charge in [0.25, 0.3) is 0 Å². The molecule has 22 heavy (non-hydrogen) atoms. The van der Waals surface area contributed by atoms with Crippen LogP contribution in [0.3, 0.4) is 0 Å². The van der Waals surface area contributed by atoms with Gasteiger partial charge in [0, 0.05) is 5.56 Å². The molecule has 0 radical (unpaired) electrons. The maximum absolute atomic E-state index is 12.4. The standard InChI is InChI=1S/C18H24O4/c1-2-12-21-13-14-22-16-8-6-15(7-9-16)17(19)18(20)10-4-3-5-11-18/h2,6-9,20H,1,3-5,10-14H2. The summed E-state index contributed by atoms with van der Waals surface area (Å²) in [6, 6.07) is 6.95. The van der Waals surface area contributed by atoms with Crippen molar-refractivity contribution < 1.29 is 19.4 Å². The highest BCUT2D eigenvalue weighted by Crippen LogP contribution is 2.31. The highest BCUT2D eigenvalue weighted by atomic mass is 16.5. The smallest absolute Gasteiger partial charge is 0.194 e. The van der Waals surface area contributed by atoms with Gasteiger partial charge in [0.1, 0.15) is 18.0 Å². The van der Waals surface area contributed by atoms with Gasteiger partial charge in [0.2, 0.25) is 0 Å². The number of ketones is 1. The molecule has 0 heterocycles. The maximum atomic E-state index is 12.4. The molecule has 1 aromatic carbocycles. The number of rotatable bonds is 8. The number of Topliss-reactive ketones (excluding diaryl/α,β-unsaturated/α-hetero) is 1. The molecule has 0 spiro atoms. The number of aliphatic hydroxyl groups is 1. The van der Waals surface area contributed by atoms with E-state index in [4.69, 9.17) is 9.47 Å². The molecule has 120 valence electrons. The van der Waals surface area contributed by atoms with Crippen LogP contribution in [0.5, 0.6) is 5.75 Å². The molecular formula is C18H24O4. The summed E-state index contributed by atoms with van der Waals surface area (Å²) in [5.74, 6) is 0.516. The summed E-state index contributed by atoms with van der Waals surface area (Å²) in [5, 5.41) is 10.5. The summed E-state index contributed by atoms with van der Waals surface area (Å²) in [5.41, 5.74) is -0.640. The zero-order valence-electron chi connectivity index (χ0n) is 12.9. The van der Waals surface area contributed by atoms with Crippen molar-refractivity contribution in [3.63, 3.8) is 0 Å². The van der Waals surface area contributed by atoms with Crippen LogP contribution in [0.2, 0.25) is 0 Å². The molecule has 1 aromatic rings. The lowest BCUT2D eigenvalue weighted by atomic mass is 9.79. The second-order valence-electron chi connectivity index (χ2n) is 5.66. The van der Waals surface area contributed by atoms with Crippen LogP contribution in [0.25, 0.3) is 0 Å². The Morgan fingerprint density at radius 3 is 2.50 bits per heavy atom. The zero-order valence-corrected chi connectivity index (χ0v) is 12.9. The second-order valence-corrected chi connectivity index (χ2v) is 5.66. The number of carbonyl (C=O) groups is 1. The van der Waals surface area contributed by atoms with Crippen molar-refractivity contribution in [2.75, 3.05) is 19.8 Å². The van der Waals surface area contributed by atoms with Crippen LogP contribution in [0.1, 0.15) is 42.5 Å². The fraction of sp³-hybridized carbons (Fsp3) is 0.500. The second kappa shape index (κ2) is 8.11. The lowest BCUT2D eigenvalue weighted by molar-refractivity contribution is 0.0116. The molecule has 4 heteroatoms. The van der Waals surface area contributed by atoms with E-state index in [1.165, 1.54) is 0 Å². The Kier molecular flexibility index (Phi) is 6.16. The molecule has 0 saturated heterocycles. The predicted molar refractivity (Wildman–Crippen MR) is 85.3 cm³/mol. The van der Waals surface area contributed by atoms with Crippen LogP contribution < -0.4 is 4.74 Å². The van der Waals surface area contributed by atoms with Gasteiger partial charge in [0.05, 0.1) is 13.2 Å². The van der Waals surface area contributed by atoms with E-state index in [9.17, 15) is 9.90 Å². The Hall–Kier alpha value is -1.65. The van der Waals surface area contributed by atoms with E-state index < -0.39 is 5.60 Å². The highest BCUT2D eigenvalue weighted by Gasteiger charge is 2.37. The van der Waals surface area contributed by atoms with Gasteiger partial charge >= 0.3 is 0 Å². The van der Waals surface area contributed by atoms with E-state index >= 15 is 0 Å². The van der Waals surface area contributed by atoms with E-state index in [-0.39, 0.29) is 5.78 Å². The lowest BCUT2D eigenvalue weighted by Gasteiger charge is -2.30. The molecular weight excluding hydrogens is 280 g/mol. The molecule has 0 aromatic heterocycles. The molecule has 0 bridgehead atoms. The van der Waals surface area contributed by atoms with Gasteiger partial charge < -0.3 is 14.6 Å². The van der Waals surface area contributed by atoms with Crippen molar-refractivity contribution in [1.29, 1.82) is 0 Å². The molecule has 1 aliphatic rings. The van der Waals surface area contributed by atoms with Gasteiger partial charge in [-0.1, -0.05) is 25.3 Å². The van der Waals surface area contributed by atoms with Crippen LogP contribution >= 0.6 is 0 Å². The van der Waals surface area contributed by atoms with Gasteiger partial charge in [-0.3, -0.25) is 4.79 Å². The summed E-state index contributed by atoms with van der Waals surface area (Å²) < 4.78 is 10.8. The number of hydrogen-bond acceptors (Lipinski definition) is 4. The number of ether oxygens (including phenoxy) is 2. The van der Waals surface area contributed by atoms with Crippen molar-refractivity contribution >= 4 is 5.78 Å². The normalized spacial score (nSPS) is 17.0. The molecule has 1 aliphatic carbocycles. The fourth-order valence-electron chi connectivity index (χ4n) is 2.72. The number of hydrogen-bond donors (Lipinski definition) is 1. The van der Waals surface area contributed by atoms with Crippen LogP contribution in [-0.2, 0) is 4.74 Å². The van der Waals surface area contributed by atoms with E-state index in [1.807, 2.05) is 0 Å². The van der Waals surface area contributed by atoms with Gasteiger partial charge in [-0.05, 0) is 37.1 Å². The molecule has 1 saturated carbocycles. The molecule has 0 amide bonds. The predicted octanol–water partition coefficient (Wildman–Crippen LogP) is 3.15. The van der Waals surface area contributed by atoms with E-state index in [1.54, 1.807) is 30.3 Å². The molecule has 0 unspecified atom stereocenters. The molecule has 1 N–H and O–H groups in total. The molecule has 0 aliphatic heterocycles. The first-order chi connectivity index (χ1) is 10.7. The largest absolute Gasteiger partial charge is 0.491 e. The highest BCUT2D eigenvalue weighted by molar-refractivity contribution is 6.02. The Morgan fingerprint density at radius 2 is 1.86 bits per heavy atom. The van der Waals surface area contributed by atoms with Crippen molar-refractivity contribution in [3.05, 3.63) is 42.5 Å². The van der Waals surface area contributed by atoms with Crippen molar-refractivity contribution in [2.24, 2.45) is 0 Å². The topological polar surface area (TPSA) is 55.8 Å². The minimum Gasteiger partial charge on any atom is -0.491 e. The average molecular weight is 304 g/mol. The van der Waals surface area contributed by atoms with Crippen LogP contribution in [0.4, 0.5) is 0 Å². The molecule has 2 rings (SSSR count). The van der Waals surface area contributed by atoms with Crippen LogP contribution in [-0.4, -0.2) is 36.3 Å². The Labute approximate surface area is 131 Å². The maximum Gasteiger partial charge on any atom is 0.194 e. The third kappa shape index (κ3) is 4.42. The fourth-order valence-corrected chi connectivity index (χ4v) is 2.72. The molecule has 4 nitrogen and oxygen atoms in total. The van der Waals surface area contributed by atoms with Crippen molar-refractivity contribution in [2.45, 2.75) is 37.7 Å². The summed E-state index contributed by atoms with van der Waals surface area (Å²) in [4.78, 5) is 12.4. The first kappa shape index (κ1) is 16.7. The quantitative estimate of drug-likeness (QED) is 0.455. The number of carbonyl (C=O) groups excluding carboxylic acids is 1. The van der Waals surface area contributed by atoms with Gasteiger partial charge in [-0.15, -0.1) is 6.58 Å². The minimum absolute atomic E-state index is 0.173. The Bertz CT molecular complexity index is 486. The first-order valence-corrected chi connectivity index (χ1v) is 7.84. The molecule has 1 fully saturated rings. The van der Waals surface area contributed by atoms with Crippen LogP contribution in [0, 0.1) is 0 Å². The zero-order chi connectivity index (χ0) is 15.8. The monoisotopic (exact) mass is 304 g/mol. The average Bonchev–Trinajstić information content (AvgIpc) is 2.55. The number of benzene rings is 1. The summed E-state index contributed by atoms with van der Waals surface area (Å²) >= 11 is 0. The third-order valence-corrected chi connectivity index (χ3v) is 3.95. The van der Waals surface area contributed by atoms with Crippen LogP contribution in [0.15, 0.2) is 36.9 Å². The minimum atomic E-state index is -1.18. The van der Waals surface area contributed by atoms with Crippen molar-refractivity contribution in [3.8, 4) is 5.75 Å². The lowest BCUT2D eigenvalue weighted by Crippen LogP contribution is -2.40. The van der Waals surface area contributed by atoms with Crippen molar-refractivity contribution in [1.82, 2.24) is 0 Å².